The third-order valence-electron chi connectivity index (χ3n) is 6.09. The van der Waals surface area contributed by atoms with Crippen LogP contribution in [0.25, 0.3) is 16.7 Å². The number of amides is 1. The number of hydrogen-bond acceptors (Lipinski definition) is 4. The second-order valence-electron chi connectivity index (χ2n) is 8.89. The van der Waals surface area contributed by atoms with E-state index >= 15 is 0 Å². The van der Waals surface area contributed by atoms with Gasteiger partial charge in [-0.25, -0.2) is 9.67 Å². The molecular formula is C25H28N6O. The molecule has 0 bridgehead atoms. The predicted octanol–water partition coefficient (Wildman–Crippen LogP) is 4.01. The molecule has 0 spiro atoms. The molecule has 0 aliphatic heterocycles. The summed E-state index contributed by atoms with van der Waals surface area (Å²) in [6.07, 6.45) is 4.99. The van der Waals surface area contributed by atoms with E-state index in [-0.39, 0.29) is 11.9 Å². The molecule has 1 saturated carbocycles. The van der Waals surface area contributed by atoms with Crippen molar-refractivity contribution < 1.29 is 4.79 Å². The van der Waals surface area contributed by atoms with Gasteiger partial charge in [-0.15, -0.1) is 0 Å². The summed E-state index contributed by atoms with van der Waals surface area (Å²) in [4.78, 5) is 18.4. The Morgan fingerprint density at radius 2 is 1.91 bits per heavy atom. The minimum Gasteiger partial charge on any atom is -0.349 e. The molecule has 1 fully saturated rings. The van der Waals surface area contributed by atoms with Crippen LogP contribution < -0.4 is 5.32 Å². The number of nitrogens with one attached hydrogen (secondary N) is 1. The van der Waals surface area contributed by atoms with Crippen LogP contribution in [-0.2, 0) is 13.5 Å². The number of carbonyl (C=O) groups excluding carboxylic acids is 1. The summed E-state index contributed by atoms with van der Waals surface area (Å²) >= 11 is 0. The first kappa shape index (κ1) is 20.4. The second-order valence-corrected chi connectivity index (χ2v) is 8.89. The van der Waals surface area contributed by atoms with Crippen molar-refractivity contribution >= 4 is 16.9 Å². The van der Waals surface area contributed by atoms with E-state index < -0.39 is 0 Å². The number of benzene rings is 1. The molecule has 1 aliphatic carbocycles. The monoisotopic (exact) mass is 428 g/mol. The van der Waals surface area contributed by atoms with Gasteiger partial charge < -0.3 is 5.32 Å². The fourth-order valence-corrected chi connectivity index (χ4v) is 4.36. The Kier molecular flexibility index (Phi) is 5.04. The molecule has 0 saturated heterocycles. The van der Waals surface area contributed by atoms with Crippen molar-refractivity contribution in [2.45, 2.75) is 52.0 Å². The van der Waals surface area contributed by atoms with Crippen molar-refractivity contribution in [3.8, 4) is 5.69 Å². The number of carbonyl (C=O) groups is 1. The average Bonchev–Trinajstić information content (AvgIpc) is 3.50. The Balaban J connectivity index is 1.52. The van der Waals surface area contributed by atoms with E-state index in [0.29, 0.717) is 11.5 Å². The number of pyridine rings is 1. The highest BCUT2D eigenvalue weighted by atomic mass is 16.1. The number of rotatable bonds is 6. The molecule has 32 heavy (non-hydrogen) atoms. The maximum absolute atomic E-state index is 13.4. The number of fused-ring (bicyclic) bond motifs is 1. The van der Waals surface area contributed by atoms with Gasteiger partial charge >= 0.3 is 0 Å². The van der Waals surface area contributed by atoms with Crippen molar-refractivity contribution in [1.82, 2.24) is 29.9 Å². The van der Waals surface area contributed by atoms with Crippen LogP contribution in [0.3, 0.4) is 0 Å². The Morgan fingerprint density at radius 1 is 1.16 bits per heavy atom. The lowest BCUT2D eigenvalue weighted by Gasteiger charge is -2.15. The third-order valence-corrected chi connectivity index (χ3v) is 6.09. The fraction of sp³-hybridized carbons (Fsp3) is 0.360. The Morgan fingerprint density at radius 3 is 2.56 bits per heavy atom. The molecule has 1 aromatic carbocycles. The van der Waals surface area contributed by atoms with E-state index in [1.807, 2.05) is 79.8 Å². The number of para-hydroxylation sites is 1. The Bertz CT molecular complexity index is 1300. The molecule has 7 heteroatoms. The summed E-state index contributed by atoms with van der Waals surface area (Å²) in [6.45, 7) is 5.98. The van der Waals surface area contributed by atoms with Gasteiger partial charge in [-0.05, 0) is 63.8 Å². The minimum absolute atomic E-state index is 0.0255. The highest BCUT2D eigenvalue weighted by Crippen LogP contribution is 2.40. The van der Waals surface area contributed by atoms with Crippen LogP contribution in [0.15, 0.2) is 42.6 Å². The normalized spacial score (nSPS) is 14.6. The van der Waals surface area contributed by atoms with Crippen LogP contribution >= 0.6 is 0 Å². The van der Waals surface area contributed by atoms with E-state index in [4.69, 9.17) is 10.1 Å². The fourth-order valence-electron chi connectivity index (χ4n) is 4.36. The van der Waals surface area contributed by atoms with Gasteiger partial charge in [0, 0.05) is 30.9 Å². The zero-order chi connectivity index (χ0) is 22.4. The van der Waals surface area contributed by atoms with Crippen LogP contribution in [0.1, 0.15) is 58.7 Å². The molecule has 164 valence electrons. The summed E-state index contributed by atoms with van der Waals surface area (Å²) in [5.41, 5.74) is 6.28. The molecule has 1 aliphatic rings. The summed E-state index contributed by atoms with van der Waals surface area (Å²) in [6, 6.07) is 11.9. The van der Waals surface area contributed by atoms with Crippen LogP contribution in [0.5, 0.6) is 0 Å². The number of nitrogens with zero attached hydrogens (tertiary/aromatic N) is 5. The number of aryl methyl sites for hydroxylation is 3. The lowest BCUT2D eigenvalue weighted by Crippen LogP contribution is -2.34. The van der Waals surface area contributed by atoms with Gasteiger partial charge in [0.2, 0.25) is 0 Å². The first-order valence-electron chi connectivity index (χ1n) is 11.2. The van der Waals surface area contributed by atoms with Crippen LogP contribution in [0.4, 0.5) is 0 Å². The minimum atomic E-state index is -0.0796. The van der Waals surface area contributed by atoms with Crippen molar-refractivity contribution in [2.24, 2.45) is 7.05 Å². The van der Waals surface area contributed by atoms with Crippen molar-refractivity contribution in [3.05, 3.63) is 70.8 Å². The van der Waals surface area contributed by atoms with E-state index in [2.05, 4.69) is 10.4 Å². The highest BCUT2D eigenvalue weighted by molar-refractivity contribution is 6.07. The largest absolute Gasteiger partial charge is 0.349 e. The van der Waals surface area contributed by atoms with Crippen LogP contribution in [-0.4, -0.2) is 36.5 Å². The van der Waals surface area contributed by atoms with Gasteiger partial charge in [-0.3, -0.25) is 9.48 Å². The van der Waals surface area contributed by atoms with Crippen molar-refractivity contribution in [2.75, 3.05) is 0 Å². The van der Waals surface area contributed by atoms with Crippen molar-refractivity contribution in [1.29, 1.82) is 0 Å². The van der Waals surface area contributed by atoms with Gasteiger partial charge in [0.1, 0.15) is 0 Å². The van der Waals surface area contributed by atoms with Crippen LogP contribution in [0, 0.1) is 13.8 Å². The topological polar surface area (TPSA) is 77.6 Å². The van der Waals surface area contributed by atoms with Gasteiger partial charge in [0.05, 0.1) is 28.0 Å². The molecule has 3 aromatic heterocycles. The predicted molar refractivity (Wildman–Crippen MR) is 124 cm³/mol. The summed E-state index contributed by atoms with van der Waals surface area (Å²) < 4.78 is 3.67. The molecule has 5 rings (SSSR count). The number of hydrogen-bond donors (Lipinski definition) is 1. The summed E-state index contributed by atoms with van der Waals surface area (Å²) in [5, 5.41) is 13.2. The highest BCUT2D eigenvalue weighted by Gasteiger charge is 2.29. The zero-order valence-corrected chi connectivity index (χ0v) is 19.0. The maximum atomic E-state index is 13.4. The first-order valence-corrected chi connectivity index (χ1v) is 11.2. The lowest BCUT2D eigenvalue weighted by molar-refractivity contribution is 0.0941. The third kappa shape index (κ3) is 3.79. The first-order chi connectivity index (χ1) is 15.4. The summed E-state index contributed by atoms with van der Waals surface area (Å²) in [7, 11) is 1.92. The van der Waals surface area contributed by atoms with E-state index in [0.717, 1.165) is 58.6 Å². The molecule has 4 aromatic rings. The van der Waals surface area contributed by atoms with Crippen LogP contribution in [0.2, 0.25) is 0 Å². The lowest BCUT2D eigenvalue weighted by atomic mass is 10.0. The quantitative estimate of drug-likeness (QED) is 0.503. The molecule has 1 atom stereocenters. The van der Waals surface area contributed by atoms with Gasteiger partial charge in [0.15, 0.2) is 5.65 Å². The molecule has 0 unspecified atom stereocenters. The van der Waals surface area contributed by atoms with Gasteiger partial charge in [-0.2, -0.15) is 10.2 Å². The Labute approximate surface area is 187 Å². The standard InChI is InChI=1S/C25H28N6O/c1-15(12-19-14-30(4)28-16(19)2)26-25(32)21-13-22(18-10-11-18)27-24-23(21)17(3)29-31(24)20-8-6-5-7-9-20/h5-9,13-15,18H,10-12H2,1-4H3,(H,26,32)/t15-/m1/s1. The van der Waals surface area contributed by atoms with Gasteiger partial charge in [0.25, 0.3) is 5.91 Å². The maximum Gasteiger partial charge on any atom is 0.252 e. The zero-order valence-electron chi connectivity index (χ0n) is 19.0. The Hall–Kier alpha value is -3.48. The molecule has 7 nitrogen and oxygen atoms in total. The van der Waals surface area contributed by atoms with Crippen molar-refractivity contribution in [3.63, 3.8) is 0 Å². The SMILES string of the molecule is Cc1nn(C)cc1C[C@@H](C)NC(=O)c1cc(C2CC2)nc2c1c(C)nn2-c1ccccc1. The molecule has 3 heterocycles. The van der Waals surface area contributed by atoms with E-state index in [9.17, 15) is 4.79 Å². The van der Waals surface area contributed by atoms with E-state index in [1.165, 1.54) is 0 Å². The molecule has 1 N–H and O–H groups in total. The second kappa shape index (κ2) is 7.89. The van der Waals surface area contributed by atoms with Gasteiger partial charge in [-0.1, -0.05) is 18.2 Å². The van der Waals surface area contributed by atoms with E-state index in [1.54, 1.807) is 0 Å². The molecular weight excluding hydrogens is 400 g/mol. The summed E-state index contributed by atoms with van der Waals surface area (Å²) in [5.74, 6) is 0.352. The molecule has 0 radical (unpaired) electrons. The average molecular weight is 429 g/mol. The molecule has 1 amide bonds. The smallest absolute Gasteiger partial charge is 0.252 e. The number of aromatic nitrogens is 5.